The van der Waals surface area contributed by atoms with Crippen molar-refractivity contribution in [1.29, 1.82) is 0 Å². The quantitative estimate of drug-likeness (QED) is 0.690. The lowest BCUT2D eigenvalue weighted by molar-refractivity contribution is -0.127. The Morgan fingerprint density at radius 2 is 1.67 bits per heavy atom. The summed E-state index contributed by atoms with van der Waals surface area (Å²) >= 11 is 0. The molecule has 4 atom stereocenters. The fraction of sp³-hybridized carbons (Fsp3) is 0.929. The van der Waals surface area contributed by atoms with Gasteiger partial charge in [0.25, 0.3) is 0 Å². The van der Waals surface area contributed by atoms with Gasteiger partial charge in [-0.05, 0) is 38.0 Å². The van der Waals surface area contributed by atoms with Crippen LogP contribution in [0.5, 0.6) is 0 Å². The summed E-state index contributed by atoms with van der Waals surface area (Å²) in [5.41, 5.74) is 11.9. The summed E-state index contributed by atoms with van der Waals surface area (Å²) in [6, 6.07) is 0.544. The lowest BCUT2D eigenvalue weighted by Crippen LogP contribution is -2.49. The molecule has 2 rings (SSSR count). The molecule has 0 bridgehead atoms. The number of rotatable bonds is 2. The summed E-state index contributed by atoms with van der Waals surface area (Å²) in [6.07, 6.45) is 7.32. The minimum absolute atomic E-state index is 0.0258. The summed E-state index contributed by atoms with van der Waals surface area (Å²) in [7, 11) is 0. The van der Waals surface area contributed by atoms with E-state index in [1.165, 1.54) is 19.3 Å². The maximum atomic E-state index is 12.3. The molecule has 2 saturated carbocycles. The number of amides is 1. The van der Waals surface area contributed by atoms with Crippen LogP contribution in [-0.4, -0.2) is 24.0 Å². The molecule has 4 heteroatoms. The van der Waals surface area contributed by atoms with Crippen molar-refractivity contribution in [2.45, 2.75) is 70.0 Å². The second kappa shape index (κ2) is 6.02. The van der Waals surface area contributed by atoms with Crippen molar-refractivity contribution >= 4 is 5.91 Å². The molecule has 0 heterocycles. The maximum absolute atomic E-state index is 12.3. The average Bonchev–Trinajstić information content (AvgIpc) is 2.31. The molecular formula is C14H27N3O. The summed E-state index contributed by atoms with van der Waals surface area (Å²) in [5, 5.41) is 3.23. The first-order valence-corrected chi connectivity index (χ1v) is 7.37. The molecule has 0 spiro atoms. The fourth-order valence-electron chi connectivity index (χ4n) is 3.45. The summed E-state index contributed by atoms with van der Waals surface area (Å²) in [6.45, 7) is 2.24. The first kappa shape index (κ1) is 13.8. The Bertz CT molecular complexity index is 285. The Hall–Kier alpha value is -0.610. The number of carbonyl (C=O) groups is 1. The van der Waals surface area contributed by atoms with Crippen molar-refractivity contribution in [2.75, 3.05) is 0 Å². The van der Waals surface area contributed by atoms with Crippen molar-refractivity contribution in [3.05, 3.63) is 0 Å². The molecule has 2 fully saturated rings. The highest BCUT2D eigenvalue weighted by atomic mass is 16.1. The van der Waals surface area contributed by atoms with Gasteiger partial charge in [-0.3, -0.25) is 4.79 Å². The second-order valence-corrected chi connectivity index (χ2v) is 6.30. The normalized spacial score (nSPS) is 41.4. The average molecular weight is 253 g/mol. The molecule has 2 aliphatic carbocycles. The highest BCUT2D eigenvalue weighted by Crippen LogP contribution is 2.26. The third-order valence-corrected chi connectivity index (χ3v) is 4.59. The van der Waals surface area contributed by atoms with Crippen LogP contribution >= 0.6 is 0 Å². The lowest BCUT2D eigenvalue weighted by atomic mass is 9.81. The van der Waals surface area contributed by atoms with Crippen LogP contribution in [0.1, 0.15) is 51.9 Å². The van der Waals surface area contributed by atoms with E-state index in [2.05, 4.69) is 12.2 Å². The van der Waals surface area contributed by atoms with Gasteiger partial charge < -0.3 is 16.8 Å². The van der Waals surface area contributed by atoms with E-state index in [9.17, 15) is 4.79 Å². The largest absolute Gasteiger partial charge is 0.353 e. The summed E-state index contributed by atoms with van der Waals surface area (Å²) in [5.74, 6) is 0.811. The summed E-state index contributed by atoms with van der Waals surface area (Å²) < 4.78 is 0. The molecule has 4 unspecified atom stereocenters. The van der Waals surface area contributed by atoms with Crippen LogP contribution in [0.2, 0.25) is 0 Å². The van der Waals surface area contributed by atoms with E-state index < -0.39 is 0 Å². The first-order chi connectivity index (χ1) is 8.56. The van der Waals surface area contributed by atoms with Crippen LogP contribution in [0.25, 0.3) is 0 Å². The van der Waals surface area contributed by atoms with Crippen LogP contribution in [0, 0.1) is 11.8 Å². The van der Waals surface area contributed by atoms with E-state index in [1.54, 1.807) is 0 Å². The van der Waals surface area contributed by atoms with E-state index in [1.807, 2.05) is 0 Å². The van der Waals surface area contributed by atoms with Gasteiger partial charge in [-0.25, -0.2) is 0 Å². The maximum Gasteiger partial charge on any atom is 0.223 e. The topological polar surface area (TPSA) is 81.1 Å². The Labute approximate surface area is 110 Å². The van der Waals surface area contributed by atoms with Crippen molar-refractivity contribution in [2.24, 2.45) is 23.3 Å². The van der Waals surface area contributed by atoms with Gasteiger partial charge in [0.2, 0.25) is 5.91 Å². The first-order valence-electron chi connectivity index (χ1n) is 7.37. The zero-order chi connectivity index (χ0) is 13.1. The van der Waals surface area contributed by atoms with Gasteiger partial charge in [-0.15, -0.1) is 0 Å². The van der Waals surface area contributed by atoms with Gasteiger partial charge in [-0.2, -0.15) is 0 Å². The van der Waals surface area contributed by atoms with E-state index >= 15 is 0 Å². The molecule has 104 valence electrons. The van der Waals surface area contributed by atoms with Gasteiger partial charge in [0.1, 0.15) is 0 Å². The van der Waals surface area contributed by atoms with Gasteiger partial charge in [0.15, 0.2) is 0 Å². The van der Waals surface area contributed by atoms with Gasteiger partial charge in [-0.1, -0.05) is 19.8 Å². The van der Waals surface area contributed by atoms with Crippen LogP contribution < -0.4 is 16.8 Å². The predicted octanol–water partition coefficient (Wildman–Crippen LogP) is 1.14. The predicted molar refractivity (Wildman–Crippen MR) is 72.9 cm³/mol. The smallest absolute Gasteiger partial charge is 0.223 e. The van der Waals surface area contributed by atoms with Gasteiger partial charge in [0, 0.05) is 24.0 Å². The van der Waals surface area contributed by atoms with E-state index in [-0.39, 0.29) is 23.9 Å². The van der Waals surface area contributed by atoms with Crippen LogP contribution in [0.15, 0.2) is 0 Å². The molecule has 0 aliphatic heterocycles. The SMILES string of the molecule is CC1CCCCC1NC(=O)C1CC(N)CC(N)C1. The minimum atomic E-state index is 0.0258. The molecular weight excluding hydrogens is 226 g/mol. The number of nitrogens with one attached hydrogen (secondary N) is 1. The molecule has 0 aromatic rings. The third kappa shape index (κ3) is 3.45. The van der Waals surface area contributed by atoms with Crippen molar-refractivity contribution < 1.29 is 4.79 Å². The van der Waals surface area contributed by atoms with Crippen molar-refractivity contribution in [3.63, 3.8) is 0 Å². The highest BCUT2D eigenvalue weighted by molar-refractivity contribution is 5.79. The Balaban J connectivity index is 1.86. The molecule has 0 radical (unpaired) electrons. The molecule has 5 N–H and O–H groups in total. The van der Waals surface area contributed by atoms with Crippen molar-refractivity contribution in [1.82, 2.24) is 5.32 Å². The highest BCUT2D eigenvalue weighted by Gasteiger charge is 2.31. The molecule has 2 aliphatic rings. The molecule has 0 saturated heterocycles. The van der Waals surface area contributed by atoms with E-state index in [0.29, 0.717) is 12.0 Å². The van der Waals surface area contributed by atoms with Crippen LogP contribution in [-0.2, 0) is 4.79 Å². The monoisotopic (exact) mass is 253 g/mol. The molecule has 1 amide bonds. The van der Waals surface area contributed by atoms with Gasteiger partial charge >= 0.3 is 0 Å². The summed E-state index contributed by atoms with van der Waals surface area (Å²) in [4.78, 5) is 12.3. The van der Waals surface area contributed by atoms with E-state index in [0.717, 1.165) is 25.7 Å². The Morgan fingerprint density at radius 3 is 2.28 bits per heavy atom. The van der Waals surface area contributed by atoms with Crippen LogP contribution in [0.3, 0.4) is 0 Å². The third-order valence-electron chi connectivity index (χ3n) is 4.59. The molecule has 0 aromatic heterocycles. The number of hydrogen-bond acceptors (Lipinski definition) is 3. The number of carbonyl (C=O) groups excluding carboxylic acids is 1. The molecule has 0 aromatic carbocycles. The van der Waals surface area contributed by atoms with Gasteiger partial charge in [0.05, 0.1) is 0 Å². The molecule has 18 heavy (non-hydrogen) atoms. The lowest BCUT2D eigenvalue weighted by Gasteiger charge is -2.34. The van der Waals surface area contributed by atoms with E-state index in [4.69, 9.17) is 11.5 Å². The fourth-order valence-corrected chi connectivity index (χ4v) is 3.45. The zero-order valence-electron chi connectivity index (χ0n) is 11.4. The molecule has 4 nitrogen and oxygen atoms in total. The standard InChI is InChI=1S/C14H27N3O/c1-9-4-2-3-5-13(9)17-14(18)10-6-11(15)8-12(16)7-10/h9-13H,2-8,15-16H2,1H3,(H,17,18). The number of hydrogen-bond donors (Lipinski definition) is 3. The van der Waals surface area contributed by atoms with Crippen molar-refractivity contribution in [3.8, 4) is 0 Å². The zero-order valence-corrected chi connectivity index (χ0v) is 11.4. The minimum Gasteiger partial charge on any atom is -0.353 e. The second-order valence-electron chi connectivity index (χ2n) is 6.30. The number of nitrogens with two attached hydrogens (primary N) is 2. The van der Waals surface area contributed by atoms with Crippen LogP contribution in [0.4, 0.5) is 0 Å². The Morgan fingerprint density at radius 1 is 1.06 bits per heavy atom. The Kier molecular flexibility index (Phi) is 4.62.